The Kier molecular flexibility index (Phi) is 5.48. The molecule has 1 N–H and O–H groups in total. The summed E-state index contributed by atoms with van der Waals surface area (Å²) < 4.78 is 41.0. The fourth-order valence-electron chi connectivity index (χ4n) is 4.76. The Morgan fingerprint density at radius 3 is 2.30 bits per heavy atom. The van der Waals surface area contributed by atoms with Crippen LogP contribution in [0.25, 0.3) is 10.8 Å². The molecule has 0 saturated carbocycles. The molecule has 0 radical (unpaired) electrons. The van der Waals surface area contributed by atoms with E-state index in [2.05, 4.69) is 0 Å². The van der Waals surface area contributed by atoms with Gasteiger partial charge in [0.1, 0.15) is 10.7 Å². The number of hydrogen-bond acceptors (Lipinski definition) is 4. The maximum absolute atomic E-state index is 14.1. The van der Waals surface area contributed by atoms with Gasteiger partial charge in [-0.15, -0.1) is 0 Å². The zero-order valence-electron chi connectivity index (χ0n) is 17.8. The van der Waals surface area contributed by atoms with Crippen molar-refractivity contribution in [2.45, 2.75) is 17.4 Å². The number of halogens is 1. The van der Waals surface area contributed by atoms with Crippen molar-refractivity contribution in [1.29, 1.82) is 0 Å². The van der Waals surface area contributed by atoms with Gasteiger partial charge >= 0.3 is 0 Å². The van der Waals surface area contributed by atoms with E-state index in [0.717, 1.165) is 21.7 Å². The minimum atomic E-state index is -3.96. The third kappa shape index (κ3) is 3.72. The highest BCUT2D eigenvalue weighted by Crippen LogP contribution is 2.30. The Hall–Kier alpha value is -3.14. The van der Waals surface area contributed by atoms with Crippen molar-refractivity contribution in [3.8, 4) is 0 Å². The summed E-state index contributed by atoms with van der Waals surface area (Å²) in [6, 6.07) is 17.9. The molecule has 3 aromatic rings. The highest BCUT2D eigenvalue weighted by molar-refractivity contribution is 7.89. The number of nitrogens with zero attached hydrogens (tertiary/aromatic N) is 2. The fourth-order valence-corrected chi connectivity index (χ4v) is 6.27. The number of carbonyl (C=O) groups excluding carboxylic acids is 2. The molecular formula is C24H23FN3O4S+. The van der Waals surface area contributed by atoms with Crippen molar-refractivity contribution < 1.29 is 27.3 Å². The van der Waals surface area contributed by atoms with Crippen LogP contribution in [-0.4, -0.2) is 56.8 Å². The lowest BCUT2D eigenvalue weighted by molar-refractivity contribution is -0.918. The molecule has 2 fully saturated rings. The second-order valence-corrected chi connectivity index (χ2v) is 10.2. The van der Waals surface area contributed by atoms with Crippen LogP contribution in [0.15, 0.2) is 71.6 Å². The zero-order chi connectivity index (χ0) is 23.2. The van der Waals surface area contributed by atoms with Crippen LogP contribution in [0.1, 0.15) is 6.42 Å². The topological polar surface area (TPSA) is 79.2 Å². The van der Waals surface area contributed by atoms with Gasteiger partial charge in [-0.05, 0) is 23.6 Å². The summed E-state index contributed by atoms with van der Waals surface area (Å²) in [4.78, 5) is 28.0. The number of carbonyl (C=O) groups is 2. The summed E-state index contributed by atoms with van der Waals surface area (Å²) in [6.45, 7) is 1.03. The standard InChI is InChI=1S/C24H22FN3O4S/c25-19-9-3-4-11-22(19)33(31,32)27-14-12-26(13-15-27)21-16-23(29)28(24(21)30)20-10-5-7-17-6-1-2-8-18(17)20/h1-11,21H,12-16H2/p+1/t21-/m0/s1. The third-order valence-corrected chi connectivity index (χ3v) is 8.40. The molecule has 0 bridgehead atoms. The summed E-state index contributed by atoms with van der Waals surface area (Å²) in [5.41, 5.74) is 0.575. The number of piperazine rings is 1. The number of amides is 2. The van der Waals surface area contributed by atoms with E-state index in [4.69, 9.17) is 0 Å². The number of benzene rings is 3. The summed E-state index contributed by atoms with van der Waals surface area (Å²) in [6.07, 6.45) is 0.0808. The molecule has 2 amide bonds. The largest absolute Gasteiger partial charge is 0.322 e. The number of quaternary nitrogens is 1. The van der Waals surface area contributed by atoms with Gasteiger partial charge < -0.3 is 4.90 Å². The molecule has 33 heavy (non-hydrogen) atoms. The summed E-state index contributed by atoms with van der Waals surface area (Å²) >= 11 is 0. The number of sulfonamides is 1. The molecule has 2 aliphatic rings. The monoisotopic (exact) mass is 468 g/mol. The zero-order valence-corrected chi connectivity index (χ0v) is 18.6. The Balaban J connectivity index is 1.33. The van der Waals surface area contributed by atoms with Crippen molar-refractivity contribution in [1.82, 2.24) is 4.31 Å². The molecule has 0 spiro atoms. The summed E-state index contributed by atoms with van der Waals surface area (Å²) in [7, 11) is -3.96. The summed E-state index contributed by atoms with van der Waals surface area (Å²) in [5, 5.41) is 1.77. The van der Waals surface area contributed by atoms with Gasteiger partial charge in [-0.25, -0.2) is 17.7 Å². The van der Waals surface area contributed by atoms with Gasteiger partial charge in [0.2, 0.25) is 15.9 Å². The first-order valence-electron chi connectivity index (χ1n) is 10.8. The molecule has 170 valence electrons. The summed E-state index contributed by atoms with van der Waals surface area (Å²) in [5.74, 6) is -1.30. The van der Waals surface area contributed by atoms with E-state index >= 15 is 0 Å². The van der Waals surface area contributed by atoms with E-state index in [-0.39, 0.29) is 36.2 Å². The average Bonchev–Trinajstić information content (AvgIpc) is 3.12. The van der Waals surface area contributed by atoms with Gasteiger partial charge in [-0.3, -0.25) is 9.59 Å². The fraction of sp³-hybridized carbons (Fsp3) is 0.250. The van der Waals surface area contributed by atoms with E-state index in [1.165, 1.54) is 27.4 Å². The highest BCUT2D eigenvalue weighted by atomic mass is 32.2. The van der Waals surface area contributed by atoms with Crippen molar-refractivity contribution >= 4 is 38.3 Å². The van der Waals surface area contributed by atoms with E-state index < -0.39 is 21.9 Å². The van der Waals surface area contributed by atoms with Crippen LogP contribution in [0.3, 0.4) is 0 Å². The van der Waals surface area contributed by atoms with E-state index in [0.29, 0.717) is 18.8 Å². The molecule has 2 aliphatic heterocycles. The smallest absolute Gasteiger partial charge is 0.292 e. The molecule has 7 nitrogen and oxygen atoms in total. The molecule has 0 unspecified atom stereocenters. The van der Waals surface area contributed by atoms with Crippen LogP contribution in [0.2, 0.25) is 0 Å². The quantitative estimate of drug-likeness (QED) is 0.584. The van der Waals surface area contributed by atoms with Crippen molar-refractivity contribution in [3.05, 3.63) is 72.5 Å². The van der Waals surface area contributed by atoms with Crippen LogP contribution >= 0.6 is 0 Å². The van der Waals surface area contributed by atoms with E-state index in [1.807, 2.05) is 36.4 Å². The van der Waals surface area contributed by atoms with Crippen LogP contribution in [-0.2, 0) is 19.6 Å². The van der Waals surface area contributed by atoms with Gasteiger partial charge in [-0.2, -0.15) is 4.31 Å². The lowest BCUT2D eigenvalue weighted by Crippen LogP contribution is -3.19. The minimum Gasteiger partial charge on any atom is -0.322 e. The second-order valence-electron chi connectivity index (χ2n) is 8.32. The van der Waals surface area contributed by atoms with Crippen molar-refractivity contribution in [2.75, 3.05) is 31.1 Å². The molecule has 2 saturated heterocycles. The van der Waals surface area contributed by atoms with Gasteiger partial charge in [0.05, 0.1) is 38.3 Å². The molecule has 5 rings (SSSR count). The number of hydrogen-bond donors (Lipinski definition) is 1. The lowest BCUT2D eigenvalue weighted by atomic mass is 10.1. The van der Waals surface area contributed by atoms with Gasteiger partial charge in [0.25, 0.3) is 5.91 Å². The van der Waals surface area contributed by atoms with Crippen molar-refractivity contribution in [2.24, 2.45) is 0 Å². The van der Waals surface area contributed by atoms with Gasteiger partial charge in [-0.1, -0.05) is 48.5 Å². The Bertz CT molecular complexity index is 1350. The molecule has 3 aromatic carbocycles. The van der Waals surface area contributed by atoms with Crippen molar-refractivity contribution in [3.63, 3.8) is 0 Å². The Morgan fingerprint density at radius 1 is 0.879 bits per heavy atom. The van der Waals surface area contributed by atoms with E-state index in [9.17, 15) is 22.4 Å². The van der Waals surface area contributed by atoms with Crippen LogP contribution in [0.4, 0.5) is 10.1 Å². The van der Waals surface area contributed by atoms with E-state index in [1.54, 1.807) is 6.07 Å². The minimum absolute atomic E-state index is 0.0808. The molecule has 1 atom stereocenters. The predicted molar refractivity (Wildman–Crippen MR) is 121 cm³/mol. The molecule has 0 aliphatic carbocycles. The number of nitrogens with one attached hydrogen (secondary N) is 1. The molecular weight excluding hydrogens is 445 g/mol. The van der Waals surface area contributed by atoms with Crippen LogP contribution in [0, 0.1) is 5.82 Å². The number of rotatable bonds is 4. The Morgan fingerprint density at radius 2 is 1.55 bits per heavy atom. The Labute approximate surface area is 191 Å². The molecule has 0 aromatic heterocycles. The first-order chi connectivity index (χ1) is 15.9. The van der Waals surface area contributed by atoms with Gasteiger partial charge in [0, 0.05) is 5.39 Å². The van der Waals surface area contributed by atoms with Crippen LogP contribution < -0.4 is 9.80 Å². The number of fused-ring (bicyclic) bond motifs is 1. The molecule has 2 heterocycles. The van der Waals surface area contributed by atoms with Gasteiger partial charge in [0.15, 0.2) is 6.04 Å². The lowest BCUT2D eigenvalue weighted by Gasteiger charge is -2.33. The normalized spacial score (nSPS) is 20.6. The maximum Gasteiger partial charge on any atom is 0.292 e. The average molecular weight is 469 g/mol. The molecule has 9 heteroatoms. The SMILES string of the molecule is O=C1C[C@H]([NH+]2CCN(S(=O)(=O)c3ccccc3F)CC2)C(=O)N1c1cccc2ccccc12. The highest BCUT2D eigenvalue weighted by Gasteiger charge is 2.47. The second kappa shape index (κ2) is 8.33. The number of anilines is 1. The van der Waals surface area contributed by atoms with Crippen LogP contribution in [0.5, 0.6) is 0 Å². The first kappa shape index (κ1) is 21.7. The predicted octanol–water partition coefficient (Wildman–Crippen LogP) is 1.20. The number of imide groups is 1. The third-order valence-electron chi connectivity index (χ3n) is 6.47. The first-order valence-corrected chi connectivity index (χ1v) is 12.3. The maximum atomic E-state index is 14.1.